The molecule has 1 aliphatic rings. The Morgan fingerprint density at radius 2 is 1.74 bits per heavy atom. The Kier molecular flexibility index (Phi) is 6.27. The van der Waals surface area contributed by atoms with Crippen LogP contribution in [-0.2, 0) is 0 Å². The summed E-state index contributed by atoms with van der Waals surface area (Å²) in [4.78, 5) is 12.6. The van der Waals surface area contributed by atoms with Crippen LogP contribution in [0.1, 0.15) is 67.9 Å². The van der Waals surface area contributed by atoms with Gasteiger partial charge in [0.1, 0.15) is 0 Å². The number of rotatable bonds is 2. The van der Waals surface area contributed by atoms with Crippen LogP contribution in [-0.4, -0.2) is 5.78 Å². The number of ketones is 1. The Labute approximate surface area is 118 Å². The summed E-state index contributed by atoms with van der Waals surface area (Å²) >= 11 is 0. The maximum absolute atomic E-state index is 12.6. The van der Waals surface area contributed by atoms with E-state index in [1.54, 1.807) is 0 Å². The molecule has 1 heteroatoms. The van der Waals surface area contributed by atoms with Crippen LogP contribution in [0.15, 0.2) is 18.2 Å². The van der Waals surface area contributed by atoms with E-state index in [9.17, 15) is 4.79 Å². The van der Waals surface area contributed by atoms with Gasteiger partial charge >= 0.3 is 0 Å². The predicted molar refractivity (Wildman–Crippen MR) is 82.7 cm³/mol. The van der Waals surface area contributed by atoms with Crippen molar-refractivity contribution in [3.63, 3.8) is 0 Å². The molecule has 1 saturated carbocycles. The molecular weight excluding hydrogens is 232 g/mol. The molecule has 1 aliphatic carbocycles. The van der Waals surface area contributed by atoms with Gasteiger partial charge < -0.3 is 0 Å². The van der Waals surface area contributed by atoms with Crippen molar-refractivity contribution in [3.8, 4) is 0 Å². The fraction of sp³-hybridized carbons (Fsp3) is 0.611. The molecule has 1 aromatic rings. The van der Waals surface area contributed by atoms with Crippen molar-refractivity contribution in [1.82, 2.24) is 0 Å². The lowest BCUT2D eigenvalue weighted by atomic mass is 9.76. The van der Waals surface area contributed by atoms with Gasteiger partial charge in [-0.1, -0.05) is 57.7 Å². The molecule has 0 spiro atoms. The van der Waals surface area contributed by atoms with Gasteiger partial charge in [0.05, 0.1) is 0 Å². The number of carbonyl (C=O) groups is 1. The summed E-state index contributed by atoms with van der Waals surface area (Å²) in [5, 5.41) is 0. The summed E-state index contributed by atoms with van der Waals surface area (Å²) in [5.74, 6) is 1.18. The first-order valence-corrected chi connectivity index (χ1v) is 7.71. The lowest BCUT2D eigenvalue weighted by Crippen LogP contribution is -2.26. The average Bonchev–Trinajstić information content (AvgIpc) is 2.43. The van der Waals surface area contributed by atoms with Crippen molar-refractivity contribution in [2.75, 3.05) is 0 Å². The zero-order valence-corrected chi connectivity index (χ0v) is 13.1. The summed E-state index contributed by atoms with van der Waals surface area (Å²) in [6.45, 7) is 10.3. The van der Waals surface area contributed by atoms with Crippen LogP contribution in [0.2, 0.25) is 0 Å². The van der Waals surface area contributed by atoms with Gasteiger partial charge in [-0.2, -0.15) is 0 Å². The van der Waals surface area contributed by atoms with Crippen LogP contribution < -0.4 is 0 Å². The number of Topliss-reactive ketones (excluding diaryl/α,β-unsaturated/α-hetero) is 1. The van der Waals surface area contributed by atoms with Gasteiger partial charge in [-0.15, -0.1) is 0 Å². The molecule has 106 valence electrons. The molecule has 0 aromatic heterocycles. The first kappa shape index (κ1) is 15.9. The molecule has 0 radical (unpaired) electrons. The molecule has 0 N–H and O–H groups in total. The van der Waals surface area contributed by atoms with E-state index in [1.807, 2.05) is 20.8 Å². The molecule has 19 heavy (non-hydrogen) atoms. The summed E-state index contributed by atoms with van der Waals surface area (Å²) in [5.41, 5.74) is 3.25. The Morgan fingerprint density at radius 3 is 2.37 bits per heavy atom. The highest BCUT2D eigenvalue weighted by atomic mass is 16.1. The topological polar surface area (TPSA) is 17.1 Å². The normalized spacial score (nSPS) is 22.4. The monoisotopic (exact) mass is 260 g/mol. The van der Waals surface area contributed by atoms with Gasteiger partial charge in [-0.25, -0.2) is 0 Å². The Morgan fingerprint density at radius 1 is 1.11 bits per heavy atom. The zero-order valence-electron chi connectivity index (χ0n) is 13.1. The van der Waals surface area contributed by atoms with Crippen LogP contribution in [0.3, 0.4) is 0 Å². The van der Waals surface area contributed by atoms with Crippen LogP contribution in [0.4, 0.5) is 0 Å². The smallest absolute Gasteiger partial charge is 0.166 e. The minimum absolute atomic E-state index is 0.254. The van der Waals surface area contributed by atoms with Gasteiger partial charge in [-0.05, 0) is 37.8 Å². The predicted octanol–water partition coefficient (Wildman–Crippen LogP) is 5.34. The highest BCUT2D eigenvalue weighted by Crippen LogP contribution is 2.32. The third-order valence-electron chi connectivity index (χ3n) is 4.11. The molecule has 1 nitrogen and oxygen atoms in total. The van der Waals surface area contributed by atoms with E-state index in [0.29, 0.717) is 11.7 Å². The summed E-state index contributed by atoms with van der Waals surface area (Å²) in [6, 6.07) is 6.20. The van der Waals surface area contributed by atoms with Crippen molar-refractivity contribution in [2.24, 2.45) is 11.8 Å². The summed E-state index contributed by atoms with van der Waals surface area (Å²) < 4.78 is 0. The molecule has 0 bridgehead atoms. The van der Waals surface area contributed by atoms with E-state index in [-0.39, 0.29) is 5.92 Å². The van der Waals surface area contributed by atoms with Gasteiger partial charge in [0.15, 0.2) is 5.78 Å². The lowest BCUT2D eigenvalue weighted by molar-refractivity contribution is 0.0836. The fourth-order valence-electron chi connectivity index (χ4n) is 2.91. The SMILES string of the molecule is CC.Cc1ccc(C)c(C(=O)C2CCCCC2C)c1. The number of aryl methyl sites for hydroxylation is 2. The second-order valence-electron chi connectivity index (χ2n) is 5.55. The third kappa shape index (κ3) is 3.92. The number of benzene rings is 1. The van der Waals surface area contributed by atoms with E-state index >= 15 is 0 Å². The molecule has 0 saturated heterocycles. The molecule has 0 aliphatic heterocycles. The molecule has 0 heterocycles. The molecular formula is C18H28O. The van der Waals surface area contributed by atoms with Crippen molar-refractivity contribution in [3.05, 3.63) is 34.9 Å². The molecule has 0 amide bonds. The molecule has 2 rings (SSSR count). The number of hydrogen-bond acceptors (Lipinski definition) is 1. The Bertz CT molecular complexity index is 420. The van der Waals surface area contributed by atoms with E-state index in [4.69, 9.17) is 0 Å². The third-order valence-corrected chi connectivity index (χ3v) is 4.11. The minimum atomic E-state index is 0.254. The maximum Gasteiger partial charge on any atom is 0.166 e. The molecule has 1 aromatic carbocycles. The Hall–Kier alpha value is -1.11. The summed E-state index contributed by atoms with van der Waals surface area (Å²) in [6.07, 6.45) is 4.79. The largest absolute Gasteiger partial charge is 0.294 e. The molecule has 2 atom stereocenters. The van der Waals surface area contributed by atoms with Gasteiger partial charge in [-0.3, -0.25) is 4.79 Å². The molecule has 1 fully saturated rings. The van der Waals surface area contributed by atoms with Crippen molar-refractivity contribution >= 4 is 5.78 Å². The fourth-order valence-corrected chi connectivity index (χ4v) is 2.91. The first-order chi connectivity index (χ1) is 9.09. The van der Waals surface area contributed by atoms with E-state index in [1.165, 1.54) is 24.8 Å². The maximum atomic E-state index is 12.6. The zero-order chi connectivity index (χ0) is 14.4. The van der Waals surface area contributed by atoms with Gasteiger partial charge in [0.2, 0.25) is 0 Å². The second kappa shape index (κ2) is 7.47. The number of hydrogen-bond donors (Lipinski definition) is 0. The van der Waals surface area contributed by atoms with Crippen LogP contribution >= 0.6 is 0 Å². The highest BCUT2D eigenvalue weighted by molar-refractivity contribution is 5.99. The number of carbonyl (C=O) groups excluding carboxylic acids is 1. The first-order valence-electron chi connectivity index (χ1n) is 7.71. The van der Waals surface area contributed by atoms with E-state index < -0.39 is 0 Å². The standard InChI is InChI=1S/C16H22O.C2H6/c1-11-8-9-13(3)15(10-11)16(17)14-7-5-4-6-12(14)2;1-2/h8-10,12,14H,4-7H2,1-3H3;1-2H3. The average molecular weight is 260 g/mol. The van der Waals surface area contributed by atoms with Crippen molar-refractivity contribution in [2.45, 2.75) is 60.3 Å². The van der Waals surface area contributed by atoms with E-state index in [2.05, 4.69) is 32.0 Å². The Balaban J connectivity index is 0.000000861. The quantitative estimate of drug-likeness (QED) is 0.656. The van der Waals surface area contributed by atoms with Crippen LogP contribution in [0, 0.1) is 25.7 Å². The second-order valence-corrected chi connectivity index (χ2v) is 5.55. The van der Waals surface area contributed by atoms with Gasteiger partial charge in [0.25, 0.3) is 0 Å². The van der Waals surface area contributed by atoms with Crippen molar-refractivity contribution in [1.29, 1.82) is 0 Å². The summed E-state index contributed by atoms with van der Waals surface area (Å²) in [7, 11) is 0. The minimum Gasteiger partial charge on any atom is -0.294 e. The van der Waals surface area contributed by atoms with Crippen LogP contribution in [0.5, 0.6) is 0 Å². The van der Waals surface area contributed by atoms with Crippen LogP contribution in [0.25, 0.3) is 0 Å². The van der Waals surface area contributed by atoms with Gasteiger partial charge in [0, 0.05) is 11.5 Å². The molecule has 2 unspecified atom stereocenters. The van der Waals surface area contributed by atoms with Crippen molar-refractivity contribution < 1.29 is 4.79 Å². The highest BCUT2D eigenvalue weighted by Gasteiger charge is 2.29. The van der Waals surface area contributed by atoms with E-state index in [0.717, 1.165) is 17.5 Å². The lowest BCUT2D eigenvalue weighted by Gasteiger charge is -2.28.